The summed E-state index contributed by atoms with van der Waals surface area (Å²) in [6.07, 6.45) is 3.28. The molecule has 0 saturated heterocycles. The van der Waals surface area contributed by atoms with E-state index in [0.717, 1.165) is 12.8 Å². The van der Waals surface area contributed by atoms with E-state index in [4.69, 9.17) is 4.74 Å². The lowest BCUT2D eigenvalue weighted by molar-refractivity contribution is -0.385. The van der Waals surface area contributed by atoms with Crippen molar-refractivity contribution in [1.82, 2.24) is 5.32 Å². The van der Waals surface area contributed by atoms with Crippen LogP contribution in [0.2, 0.25) is 0 Å². The number of carbonyl (C=O) groups is 1. The Morgan fingerprint density at radius 1 is 1.36 bits per heavy atom. The van der Waals surface area contributed by atoms with E-state index in [9.17, 15) is 14.9 Å². The van der Waals surface area contributed by atoms with Gasteiger partial charge >= 0.3 is 5.69 Å². The predicted octanol–water partition coefficient (Wildman–Crippen LogP) is 2.91. The standard InChI is InChI=1S/C16H22N2O4/c1-11-6-5-7-13(12(11)2)17-16(19)10-22-15-9-4-3-8-14(15)18(20)21/h3-4,8-9,11-13H,5-7,10H2,1-2H3,(H,17,19)/t11-,12+,13+/m1/s1. The van der Waals surface area contributed by atoms with Gasteiger partial charge in [-0.2, -0.15) is 0 Å². The van der Waals surface area contributed by atoms with Crippen LogP contribution in [-0.2, 0) is 4.79 Å². The smallest absolute Gasteiger partial charge is 0.310 e. The maximum atomic E-state index is 12.0. The van der Waals surface area contributed by atoms with Gasteiger partial charge in [-0.3, -0.25) is 14.9 Å². The largest absolute Gasteiger partial charge is 0.477 e. The number of hydrogen-bond donors (Lipinski definition) is 1. The number of ether oxygens (including phenoxy) is 1. The number of amides is 1. The van der Waals surface area contributed by atoms with Crippen LogP contribution in [-0.4, -0.2) is 23.5 Å². The van der Waals surface area contributed by atoms with Gasteiger partial charge in [0, 0.05) is 12.1 Å². The molecule has 120 valence electrons. The Morgan fingerprint density at radius 3 is 2.82 bits per heavy atom. The molecule has 0 radical (unpaired) electrons. The number of para-hydroxylation sites is 2. The molecule has 0 bridgehead atoms. The van der Waals surface area contributed by atoms with Crippen molar-refractivity contribution in [3.63, 3.8) is 0 Å². The summed E-state index contributed by atoms with van der Waals surface area (Å²) in [5, 5.41) is 13.9. The van der Waals surface area contributed by atoms with E-state index in [0.29, 0.717) is 11.8 Å². The lowest BCUT2D eigenvalue weighted by Gasteiger charge is -2.34. The van der Waals surface area contributed by atoms with Gasteiger partial charge in [-0.25, -0.2) is 0 Å². The average Bonchev–Trinajstić information content (AvgIpc) is 2.50. The molecular formula is C16H22N2O4. The maximum Gasteiger partial charge on any atom is 0.310 e. The highest BCUT2D eigenvalue weighted by molar-refractivity contribution is 5.78. The van der Waals surface area contributed by atoms with Gasteiger partial charge in [-0.1, -0.05) is 38.8 Å². The fourth-order valence-corrected chi connectivity index (χ4v) is 2.91. The molecule has 1 saturated carbocycles. The molecule has 0 unspecified atom stereocenters. The summed E-state index contributed by atoms with van der Waals surface area (Å²) in [6, 6.07) is 6.22. The van der Waals surface area contributed by atoms with Crippen LogP contribution in [0.25, 0.3) is 0 Å². The minimum atomic E-state index is -0.516. The first-order valence-electron chi connectivity index (χ1n) is 7.64. The van der Waals surface area contributed by atoms with Gasteiger partial charge in [0.1, 0.15) is 0 Å². The zero-order valence-electron chi connectivity index (χ0n) is 13.0. The lowest BCUT2D eigenvalue weighted by Crippen LogP contribution is -2.45. The molecule has 22 heavy (non-hydrogen) atoms. The Bertz CT molecular complexity index is 547. The van der Waals surface area contributed by atoms with Crippen LogP contribution in [0, 0.1) is 22.0 Å². The molecule has 6 nitrogen and oxygen atoms in total. The highest BCUT2D eigenvalue weighted by atomic mass is 16.6. The van der Waals surface area contributed by atoms with Crippen LogP contribution in [0.4, 0.5) is 5.69 Å². The van der Waals surface area contributed by atoms with Crippen LogP contribution < -0.4 is 10.1 Å². The fraction of sp³-hybridized carbons (Fsp3) is 0.562. The van der Waals surface area contributed by atoms with E-state index in [-0.39, 0.29) is 30.0 Å². The minimum Gasteiger partial charge on any atom is -0.477 e. The van der Waals surface area contributed by atoms with Gasteiger partial charge < -0.3 is 10.1 Å². The molecule has 2 rings (SSSR count). The van der Waals surface area contributed by atoms with E-state index in [1.165, 1.54) is 18.6 Å². The van der Waals surface area contributed by atoms with E-state index < -0.39 is 4.92 Å². The number of nitro benzene ring substituents is 1. The van der Waals surface area contributed by atoms with Crippen molar-refractivity contribution in [2.75, 3.05) is 6.61 Å². The fourth-order valence-electron chi connectivity index (χ4n) is 2.91. The Balaban J connectivity index is 1.89. The number of nitrogens with zero attached hydrogens (tertiary/aromatic N) is 1. The number of hydrogen-bond acceptors (Lipinski definition) is 4. The molecular weight excluding hydrogens is 284 g/mol. The van der Waals surface area contributed by atoms with Crippen molar-refractivity contribution in [3.8, 4) is 5.75 Å². The summed E-state index contributed by atoms with van der Waals surface area (Å²) >= 11 is 0. The summed E-state index contributed by atoms with van der Waals surface area (Å²) < 4.78 is 5.31. The van der Waals surface area contributed by atoms with E-state index in [2.05, 4.69) is 19.2 Å². The lowest BCUT2D eigenvalue weighted by atomic mass is 9.78. The highest BCUT2D eigenvalue weighted by Gasteiger charge is 2.28. The molecule has 1 aromatic rings. The SMILES string of the molecule is C[C@H]1[C@H](C)CCC[C@@H]1NC(=O)COc1ccccc1[N+](=O)[O-]. The summed E-state index contributed by atoms with van der Waals surface area (Å²) in [5.41, 5.74) is -0.130. The second-order valence-corrected chi connectivity index (χ2v) is 5.95. The molecule has 0 spiro atoms. The second-order valence-electron chi connectivity index (χ2n) is 5.95. The van der Waals surface area contributed by atoms with Gasteiger partial charge in [0.15, 0.2) is 12.4 Å². The Labute approximate surface area is 130 Å². The molecule has 1 aliphatic rings. The van der Waals surface area contributed by atoms with Crippen molar-refractivity contribution < 1.29 is 14.5 Å². The number of nitrogens with one attached hydrogen (secondary N) is 1. The molecule has 1 amide bonds. The van der Waals surface area contributed by atoms with Gasteiger partial charge in [0.25, 0.3) is 5.91 Å². The van der Waals surface area contributed by atoms with Crippen molar-refractivity contribution in [1.29, 1.82) is 0 Å². The van der Waals surface area contributed by atoms with Crippen LogP contribution in [0.3, 0.4) is 0 Å². The number of benzene rings is 1. The van der Waals surface area contributed by atoms with E-state index in [1.54, 1.807) is 12.1 Å². The topological polar surface area (TPSA) is 81.5 Å². The zero-order chi connectivity index (χ0) is 16.1. The molecule has 1 fully saturated rings. The minimum absolute atomic E-state index is 0.118. The van der Waals surface area contributed by atoms with Crippen molar-refractivity contribution in [3.05, 3.63) is 34.4 Å². The molecule has 1 N–H and O–H groups in total. The van der Waals surface area contributed by atoms with E-state index in [1.807, 2.05) is 0 Å². The van der Waals surface area contributed by atoms with Gasteiger partial charge in [0.05, 0.1) is 4.92 Å². The molecule has 3 atom stereocenters. The third-order valence-electron chi connectivity index (χ3n) is 4.47. The predicted molar refractivity (Wildman–Crippen MR) is 82.7 cm³/mol. The van der Waals surface area contributed by atoms with Crippen LogP contribution >= 0.6 is 0 Å². The first-order chi connectivity index (χ1) is 10.5. The summed E-state index contributed by atoms with van der Waals surface area (Å²) in [4.78, 5) is 22.4. The van der Waals surface area contributed by atoms with Crippen LogP contribution in [0.1, 0.15) is 33.1 Å². The molecule has 0 aromatic heterocycles. The van der Waals surface area contributed by atoms with Crippen molar-refractivity contribution in [2.24, 2.45) is 11.8 Å². The highest BCUT2D eigenvalue weighted by Crippen LogP contribution is 2.29. The first kappa shape index (κ1) is 16.3. The van der Waals surface area contributed by atoms with Crippen LogP contribution in [0.5, 0.6) is 5.75 Å². The molecule has 1 aromatic carbocycles. The average molecular weight is 306 g/mol. The monoisotopic (exact) mass is 306 g/mol. The summed E-state index contributed by atoms with van der Waals surface area (Å²) in [7, 11) is 0. The molecule has 1 aliphatic carbocycles. The van der Waals surface area contributed by atoms with Crippen molar-refractivity contribution >= 4 is 11.6 Å². The normalized spacial score (nSPS) is 24.5. The van der Waals surface area contributed by atoms with Gasteiger partial charge in [-0.05, 0) is 24.3 Å². The Morgan fingerprint density at radius 2 is 2.09 bits per heavy atom. The Hall–Kier alpha value is -2.11. The Kier molecular flexibility index (Phi) is 5.35. The van der Waals surface area contributed by atoms with Crippen LogP contribution in [0.15, 0.2) is 24.3 Å². The second kappa shape index (κ2) is 7.24. The third-order valence-corrected chi connectivity index (χ3v) is 4.47. The summed E-state index contributed by atoms with van der Waals surface area (Å²) in [6.45, 7) is 4.15. The zero-order valence-corrected chi connectivity index (χ0v) is 13.0. The van der Waals surface area contributed by atoms with E-state index >= 15 is 0 Å². The summed E-state index contributed by atoms with van der Waals surface area (Å²) in [5.74, 6) is 0.913. The number of carbonyl (C=O) groups excluding carboxylic acids is 1. The first-order valence-corrected chi connectivity index (χ1v) is 7.64. The molecule has 0 aliphatic heterocycles. The van der Waals surface area contributed by atoms with Gasteiger partial charge in [0.2, 0.25) is 0 Å². The molecule has 6 heteroatoms. The maximum absolute atomic E-state index is 12.0. The number of rotatable bonds is 5. The molecule has 0 heterocycles. The quantitative estimate of drug-likeness (QED) is 0.670. The number of nitro groups is 1. The van der Waals surface area contributed by atoms with Gasteiger partial charge in [-0.15, -0.1) is 0 Å². The third kappa shape index (κ3) is 3.96. The van der Waals surface area contributed by atoms with Crippen molar-refractivity contribution in [2.45, 2.75) is 39.2 Å².